The van der Waals surface area contributed by atoms with Crippen LogP contribution in [0.3, 0.4) is 0 Å². The summed E-state index contributed by atoms with van der Waals surface area (Å²) >= 11 is 0. The maximum atomic E-state index is 5.57. The normalized spacial score (nSPS) is 21.0. The Labute approximate surface area is 75.5 Å². The van der Waals surface area contributed by atoms with Crippen LogP contribution in [0.25, 0.3) is 0 Å². The molecule has 0 aromatic carbocycles. The second-order valence-electron chi connectivity index (χ2n) is 4.68. The Bertz CT molecular complexity index is 150. The molecule has 0 saturated heterocycles. The van der Waals surface area contributed by atoms with E-state index < -0.39 is 0 Å². The van der Waals surface area contributed by atoms with E-state index in [0.29, 0.717) is 5.41 Å². The molecule has 0 radical (unpaired) electrons. The standard InChI is InChI=1S/C10H21NO/c1-9(2,12-3)8-10(4-5-10)6-7-11/h4-8,11H2,1-3H3. The van der Waals surface area contributed by atoms with E-state index in [0.717, 1.165) is 13.0 Å². The van der Waals surface area contributed by atoms with Gasteiger partial charge in [-0.2, -0.15) is 0 Å². The van der Waals surface area contributed by atoms with Gasteiger partial charge in [-0.3, -0.25) is 0 Å². The van der Waals surface area contributed by atoms with Crippen LogP contribution < -0.4 is 5.73 Å². The Morgan fingerprint density at radius 3 is 2.33 bits per heavy atom. The largest absolute Gasteiger partial charge is 0.379 e. The zero-order valence-corrected chi connectivity index (χ0v) is 8.52. The molecule has 2 N–H and O–H groups in total. The van der Waals surface area contributed by atoms with E-state index in [1.807, 2.05) is 0 Å². The average molecular weight is 171 g/mol. The van der Waals surface area contributed by atoms with Gasteiger partial charge in [-0.25, -0.2) is 0 Å². The highest BCUT2D eigenvalue weighted by Gasteiger charge is 2.45. The molecule has 0 amide bonds. The van der Waals surface area contributed by atoms with Crippen molar-refractivity contribution < 1.29 is 4.74 Å². The predicted octanol–water partition coefficient (Wildman–Crippen LogP) is 1.93. The summed E-state index contributed by atoms with van der Waals surface area (Å²) in [7, 11) is 1.79. The summed E-state index contributed by atoms with van der Waals surface area (Å²) in [6.07, 6.45) is 5.02. The molecule has 0 bridgehead atoms. The number of hydrogen-bond acceptors (Lipinski definition) is 2. The zero-order valence-electron chi connectivity index (χ0n) is 8.52. The van der Waals surface area contributed by atoms with Crippen molar-refractivity contribution in [2.24, 2.45) is 11.1 Å². The molecule has 72 valence electrons. The van der Waals surface area contributed by atoms with E-state index in [1.165, 1.54) is 19.3 Å². The number of methoxy groups -OCH3 is 1. The molecular formula is C10H21NO. The highest BCUT2D eigenvalue weighted by Crippen LogP contribution is 2.54. The number of rotatable bonds is 5. The van der Waals surface area contributed by atoms with Gasteiger partial charge in [-0.05, 0) is 51.5 Å². The molecule has 1 aliphatic carbocycles. The van der Waals surface area contributed by atoms with Crippen molar-refractivity contribution in [2.45, 2.75) is 45.1 Å². The van der Waals surface area contributed by atoms with Gasteiger partial charge in [-0.15, -0.1) is 0 Å². The number of nitrogens with two attached hydrogens (primary N) is 1. The van der Waals surface area contributed by atoms with Crippen LogP contribution in [0.5, 0.6) is 0 Å². The van der Waals surface area contributed by atoms with Crippen LogP contribution >= 0.6 is 0 Å². The zero-order chi connectivity index (χ0) is 9.24. The van der Waals surface area contributed by atoms with Gasteiger partial charge < -0.3 is 10.5 Å². The first-order valence-electron chi connectivity index (χ1n) is 4.79. The Kier molecular flexibility index (Phi) is 2.79. The lowest BCUT2D eigenvalue weighted by molar-refractivity contribution is -0.00270. The van der Waals surface area contributed by atoms with Crippen molar-refractivity contribution in [2.75, 3.05) is 13.7 Å². The minimum absolute atomic E-state index is 0.0334. The van der Waals surface area contributed by atoms with Crippen molar-refractivity contribution in [1.82, 2.24) is 0 Å². The smallest absolute Gasteiger partial charge is 0.0628 e. The monoisotopic (exact) mass is 171 g/mol. The summed E-state index contributed by atoms with van der Waals surface area (Å²) in [5.41, 5.74) is 6.14. The van der Waals surface area contributed by atoms with Gasteiger partial charge in [-0.1, -0.05) is 0 Å². The lowest BCUT2D eigenvalue weighted by Gasteiger charge is -2.28. The highest BCUT2D eigenvalue weighted by atomic mass is 16.5. The molecular weight excluding hydrogens is 150 g/mol. The van der Waals surface area contributed by atoms with E-state index in [9.17, 15) is 0 Å². The SMILES string of the molecule is COC(C)(C)CC1(CCN)CC1. The van der Waals surface area contributed by atoms with Crippen LogP contribution in [0.2, 0.25) is 0 Å². The van der Waals surface area contributed by atoms with E-state index >= 15 is 0 Å². The molecule has 1 aliphatic rings. The molecule has 2 nitrogen and oxygen atoms in total. The lowest BCUT2D eigenvalue weighted by Crippen LogP contribution is -2.28. The lowest BCUT2D eigenvalue weighted by atomic mass is 9.88. The van der Waals surface area contributed by atoms with E-state index in [4.69, 9.17) is 10.5 Å². The van der Waals surface area contributed by atoms with Gasteiger partial charge in [0.25, 0.3) is 0 Å². The molecule has 0 spiro atoms. The maximum Gasteiger partial charge on any atom is 0.0628 e. The van der Waals surface area contributed by atoms with Crippen molar-refractivity contribution in [1.29, 1.82) is 0 Å². The van der Waals surface area contributed by atoms with Gasteiger partial charge in [0, 0.05) is 7.11 Å². The van der Waals surface area contributed by atoms with Crippen LogP contribution in [0, 0.1) is 5.41 Å². The van der Waals surface area contributed by atoms with Crippen LogP contribution in [0.1, 0.15) is 39.5 Å². The summed E-state index contributed by atoms with van der Waals surface area (Å²) in [5, 5.41) is 0. The minimum atomic E-state index is 0.0334. The van der Waals surface area contributed by atoms with Crippen LogP contribution in [-0.2, 0) is 4.74 Å². The fourth-order valence-corrected chi connectivity index (χ4v) is 1.97. The molecule has 0 aliphatic heterocycles. The van der Waals surface area contributed by atoms with Gasteiger partial charge in [0.2, 0.25) is 0 Å². The van der Waals surface area contributed by atoms with E-state index in [2.05, 4.69) is 13.8 Å². The van der Waals surface area contributed by atoms with Gasteiger partial charge >= 0.3 is 0 Å². The van der Waals surface area contributed by atoms with Gasteiger partial charge in [0.1, 0.15) is 0 Å². The molecule has 0 aromatic rings. The molecule has 1 rings (SSSR count). The molecule has 0 heterocycles. The van der Waals surface area contributed by atoms with Crippen molar-refractivity contribution >= 4 is 0 Å². The minimum Gasteiger partial charge on any atom is -0.379 e. The number of hydrogen-bond donors (Lipinski definition) is 1. The Morgan fingerprint density at radius 1 is 1.42 bits per heavy atom. The fraction of sp³-hybridized carbons (Fsp3) is 1.00. The molecule has 0 atom stereocenters. The molecule has 2 heteroatoms. The summed E-state index contributed by atoms with van der Waals surface area (Å²) in [5.74, 6) is 0. The fourth-order valence-electron chi connectivity index (χ4n) is 1.97. The molecule has 1 saturated carbocycles. The van der Waals surface area contributed by atoms with E-state index in [-0.39, 0.29) is 5.60 Å². The highest BCUT2D eigenvalue weighted by molar-refractivity contribution is 4.97. The average Bonchev–Trinajstić information content (AvgIpc) is 2.69. The first-order chi connectivity index (χ1) is 5.54. The third-order valence-electron chi connectivity index (χ3n) is 2.99. The van der Waals surface area contributed by atoms with Gasteiger partial charge in [0.15, 0.2) is 0 Å². The Morgan fingerprint density at radius 2 is 2.00 bits per heavy atom. The summed E-state index contributed by atoms with van der Waals surface area (Å²) in [4.78, 5) is 0. The van der Waals surface area contributed by atoms with Crippen molar-refractivity contribution in [3.63, 3.8) is 0 Å². The Balaban J connectivity index is 2.39. The Hall–Kier alpha value is -0.0800. The second kappa shape index (κ2) is 3.35. The third-order valence-corrected chi connectivity index (χ3v) is 2.99. The second-order valence-corrected chi connectivity index (χ2v) is 4.68. The summed E-state index contributed by atoms with van der Waals surface area (Å²) in [6, 6.07) is 0. The van der Waals surface area contributed by atoms with Gasteiger partial charge in [0.05, 0.1) is 5.60 Å². The van der Waals surface area contributed by atoms with Crippen LogP contribution in [0.4, 0.5) is 0 Å². The van der Waals surface area contributed by atoms with E-state index in [1.54, 1.807) is 7.11 Å². The molecule has 12 heavy (non-hydrogen) atoms. The summed E-state index contributed by atoms with van der Waals surface area (Å²) in [6.45, 7) is 5.13. The van der Waals surface area contributed by atoms with Crippen molar-refractivity contribution in [3.8, 4) is 0 Å². The third kappa shape index (κ3) is 2.46. The summed E-state index contributed by atoms with van der Waals surface area (Å²) < 4.78 is 5.42. The van der Waals surface area contributed by atoms with Crippen LogP contribution in [-0.4, -0.2) is 19.3 Å². The maximum absolute atomic E-state index is 5.57. The first-order valence-corrected chi connectivity index (χ1v) is 4.79. The molecule has 0 aromatic heterocycles. The van der Waals surface area contributed by atoms with Crippen LogP contribution in [0.15, 0.2) is 0 Å². The molecule has 0 unspecified atom stereocenters. The predicted molar refractivity (Wildman–Crippen MR) is 51.0 cm³/mol. The quantitative estimate of drug-likeness (QED) is 0.686. The topological polar surface area (TPSA) is 35.2 Å². The number of ether oxygens (including phenoxy) is 1. The molecule has 1 fully saturated rings. The van der Waals surface area contributed by atoms with Crippen molar-refractivity contribution in [3.05, 3.63) is 0 Å². The first kappa shape index (κ1) is 10.0.